The Bertz CT molecular complexity index is 543. The van der Waals surface area contributed by atoms with E-state index < -0.39 is 0 Å². The van der Waals surface area contributed by atoms with Crippen LogP contribution in [-0.2, 0) is 12.8 Å². The van der Waals surface area contributed by atoms with Crippen LogP contribution in [0.1, 0.15) is 23.2 Å². The number of rotatable bonds is 1. The van der Waals surface area contributed by atoms with Crippen molar-refractivity contribution in [2.45, 2.75) is 26.2 Å². The van der Waals surface area contributed by atoms with Crippen LogP contribution < -0.4 is 0 Å². The van der Waals surface area contributed by atoms with Gasteiger partial charge in [0.2, 0.25) is 0 Å². The molecule has 1 aromatic carbocycles. The molecule has 2 nitrogen and oxygen atoms in total. The molecule has 3 heteroatoms. The Hall–Kier alpha value is -1.09. The second-order valence-corrected chi connectivity index (χ2v) is 5.02. The van der Waals surface area contributed by atoms with Crippen LogP contribution in [0.15, 0.2) is 28.9 Å². The predicted molar refractivity (Wildman–Crippen MR) is 68.0 cm³/mol. The lowest BCUT2D eigenvalue weighted by Gasteiger charge is -2.07. The first-order valence-electron chi connectivity index (χ1n) is 5.59. The molecule has 16 heavy (non-hydrogen) atoms. The number of fused-ring (bicyclic) bond motifs is 1. The summed E-state index contributed by atoms with van der Waals surface area (Å²) in [4.78, 5) is 0. The van der Waals surface area contributed by atoms with Crippen molar-refractivity contribution in [2.24, 2.45) is 0 Å². The van der Waals surface area contributed by atoms with Crippen LogP contribution in [-0.4, -0.2) is 9.78 Å². The van der Waals surface area contributed by atoms with Crippen LogP contribution in [0.2, 0.25) is 0 Å². The Balaban J connectivity index is 2.18. The monoisotopic (exact) mass is 276 g/mol. The zero-order chi connectivity index (χ0) is 11.1. The maximum Gasteiger partial charge on any atom is 0.113 e. The molecule has 2 aromatic rings. The summed E-state index contributed by atoms with van der Waals surface area (Å²) in [7, 11) is 0. The lowest BCUT2D eigenvalue weighted by Crippen LogP contribution is -2.00. The van der Waals surface area contributed by atoms with Crippen molar-refractivity contribution in [3.05, 3.63) is 45.7 Å². The lowest BCUT2D eigenvalue weighted by atomic mass is 10.2. The van der Waals surface area contributed by atoms with Gasteiger partial charge in [0.05, 0.1) is 11.4 Å². The van der Waals surface area contributed by atoms with Gasteiger partial charge in [0.1, 0.15) is 4.60 Å². The van der Waals surface area contributed by atoms with Crippen molar-refractivity contribution >= 4 is 15.9 Å². The van der Waals surface area contributed by atoms with Crippen molar-refractivity contribution in [3.63, 3.8) is 0 Å². The van der Waals surface area contributed by atoms with Crippen molar-refractivity contribution in [3.8, 4) is 5.69 Å². The van der Waals surface area contributed by atoms with Gasteiger partial charge in [-0.15, -0.1) is 0 Å². The van der Waals surface area contributed by atoms with Crippen LogP contribution in [0.3, 0.4) is 0 Å². The normalized spacial score (nSPS) is 14.1. The number of aromatic nitrogens is 2. The minimum atomic E-state index is 1.12. The highest BCUT2D eigenvalue weighted by Crippen LogP contribution is 2.31. The number of hydrogen-bond donors (Lipinski definition) is 0. The molecule has 0 saturated heterocycles. The molecule has 0 unspecified atom stereocenters. The largest absolute Gasteiger partial charge is 0.226 e. The Morgan fingerprint density at radius 1 is 1.25 bits per heavy atom. The van der Waals surface area contributed by atoms with E-state index in [2.05, 4.69) is 47.1 Å². The third kappa shape index (κ3) is 1.42. The minimum absolute atomic E-state index is 1.12. The Labute approximate surface area is 103 Å². The summed E-state index contributed by atoms with van der Waals surface area (Å²) in [6.45, 7) is 2.12. The van der Waals surface area contributed by atoms with Crippen molar-refractivity contribution in [1.29, 1.82) is 0 Å². The van der Waals surface area contributed by atoms with Gasteiger partial charge in [-0.3, -0.25) is 0 Å². The van der Waals surface area contributed by atoms with Gasteiger partial charge >= 0.3 is 0 Å². The summed E-state index contributed by atoms with van der Waals surface area (Å²) in [5.74, 6) is 0. The molecule has 0 radical (unpaired) electrons. The third-order valence-electron chi connectivity index (χ3n) is 3.19. The highest BCUT2D eigenvalue weighted by molar-refractivity contribution is 9.10. The SMILES string of the molecule is Cc1ccccc1-n1nc2c(c1Br)CCC2. The fourth-order valence-electron chi connectivity index (χ4n) is 2.31. The highest BCUT2D eigenvalue weighted by Gasteiger charge is 2.21. The van der Waals surface area contributed by atoms with Gasteiger partial charge in [0.15, 0.2) is 0 Å². The third-order valence-corrected chi connectivity index (χ3v) is 4.00. The van der Waals surface area contributed by atoms with E-state index in [1.807, 2.05) is 4.68 Å². The second kappa shape index (κ2) is 3.74. The Morgan fingerprint density at radius 2 is 2.06 bits per heavy atom. The van der Waals surface area contributed by atoms with Gasteiger partial charge < -0.3 is 0 Å². The Kier molecular flexibility index (Phi) is 2.36. The average molecular weight is 277 g/mol. The van der Waals surface area contributed by atoms with E-state index in [0.29, 0.717) is 0 Å². The number of aryl methyl sites for hydroxylation is 2. The molecule has 0 spiro atoms. The topological polar surface area (TPSA) is 17.8 Å². The van der Waals surface area contributed by atoms with E-state index in [9.17, 15) is 0 Å². The van der Waals surface area contributed by atoms with E-state index in [1.54, 1.807) is 0 Å². The number of hydrogen-bond acceptors (Lipinski definition) is 1. The number of benzene rings is 1. The quantitative estimate of drug-likeness (QED) is 0.780. The average Bonchev–Trinajstić information content (AvgIpc) is 2.83. The maximum atomic E-state index is 4.69. The second-order valence-electron chi connectivity index (χ2n) is 4.27. The zero-order valence-electron chi connectivity index (χ0n) is 9.20. The van der Waals surface area contributed by atoms with Crippen LogP contribution in [0.5, 0.6) is 0 Å². The van der Waals surface area contributed by atoms with Gasteiger partial charge in [0, 0.05) is 5.56 Å². The van der Waals surface area contributed by atoms with Crippen molar-refractivity contribution < 1.29 is 0 Å². The minimum Gasteiger partial charge on any atom is -0.226 e. The molecule has 82 valence electrons. The summed E-state index contributed by atoms with van der Waals surface area (Å²) < 4.78 is 3.16. The molecule has 0 amide bonds. The van der Waals surface area contributed by atoms with E-state index >= 15 is 0 Å². The fourth-order valence-corrected chi connectivity index (χ4v) is 3.01. The number of nitrogens with zero attached hydrogens (tertiary/aromatic N) is 2. The maximum absolute atomic E-state index is 4.69. The van der Waals surface area contributed by atoms with Gasteiger partial charge in [-0.25, -0.2) is 4.68 Å². The molecule has 0 saturated carbocycles. The van der Waals surface area contributed by atoms with Gasteiger partial charge in [-0.05, 0) is 53.7 Å². The molecule has 1 aromatic heterocycles. The van der Waals surface area contributed by atoms with Gasteiger partial charge in [-0.2, -0.15) is 5.10 Å². The summed E-state index contributed by atoms with van der Waals surface area (Å²) in [5.41, 5.74) is 5.08. The number of para-hydroxylation sites is 1. The van der Waals surface area contributed by atoms with E-state index in [0.717, 1.165) is 17.4 Å². The van der Waals surface area contributed by atoms with Crippen LogP contribution in [0.25, 0.3) is 5.69 Å². The van der Waals surface area contributed by atoms with E-state index in [1.165, 1.54) is 28.9 Å². The standard InChI is InChI=1S/C13H13BrN2/c1-9-5-2-3-8-12(9)16-13(14)10-6-4-7-11(10)15-16/h2-3,5,8H,4,6-7H2,1H3. The number of halogens is 1. The first-order valence-corrected chi connectivity index (χ1v) is 6.39. The van der Waals surface area contributed by atoms with Crippen LogP contribution in [0, 0.1) is 6.92 Å². The smallest absolute Gasteiger partial charge is 0.113 e. The summed E-state index contributed by atoms with van der Waals surface area (Å²) in [5, 5.41) is 4.69. The van der Waals surface area contributed by atoms with Gasteiger partial charge in [0.25, 0.3) is 0 Å². The van der Waals surface area contributed by atoms with Crippen LogP contribution >= 0.6 is 15.9 Å². The molecule has 0 bridgehead atoms. The van der Waals surface area contributed by atoms with Crippen molar-refractivity contribution in [1.82, 2.24) is 9.78 Å². The zero-order valence-corrected chi connectivity index (χ0v) is 10.8. The van der Waals surface area contributed by atoms with Crippen LogP contribution in [0.4, 0.5) is 0 Å². The summed E-state index contributed by atoms with van der Waals surface area (Å²) >= 11 is 3.67. The summed E-state index contributed by atoms with van der Waals surface area (Å²) in [6.07, 6.45) is 3.51. The molecule has 0 atom stereocenters. The molecule has 3 rings (SSSR count). The van der Waals surface area contributed by atoms with Gasteiger partial charge in [-0.1, -0.05) is 18.2 Å². The fraction of sp³-hybridized carbons (Fsp3) is 0.308. The molecule has 1 aliphatic carbocycles. The molecular formula is C13H13BrN2. The lowest BCUT2D eigenvalue weighted by molar-refractivity contribution is 0.784. The molecular weight excluding hydrogens is 264 g/mol. The predicted octanol–water partition coefficient (Wildman–Crippen LogP) is 3.43. The molecule has 1 heterocycles. The highest BCUT2D eigenvalue weighted by atomic mass is 79.9. The van der Waals surface area contributed by atoms with E-state index in [-0.39, 0.29) is 0 Å². The first kappa shape index (κ1) is 10.1. The molecule has 0 N–H and O–H groups in total. The Morgan fingerprint density at radius 3 is 2.81 bits per heavy atom. The van der Waals surface area contributed by atoms with E-state index in [4.69, 9.17) is 5.10 Å². The molecule has 0 fully saturated rings. The van der Waals surface area contributed by atoms with Crippen molar-refractivity contribution in [2.75, 3.05) is 0 Å². The first-order chi connectivity index (χ1) is 7.77. The summed E-state index contributed by atoms with van der Waals surface area (Å²) in [6, 6.07) is 8.35. The molecule has 0 aliphatic heterocycles. The molecule has 1 aliphatic rings.